The van der Waals surface area contributed by atoms with Gasteiger partial charge in [0, 0.05) is 18.6 Å². The molecule has 0 aromatic carbocycles. The van der Waals surface area contributed by atoms with Crippen LogP contribution in [-0.4, -0.2) is 41.0 Å². The van der Waals surface area contributed by atoms with Crippen LogP contribution < -0.4 is 0 Å². The molecule has 0 saturated carbocycles. The molecule has 1 rings (SSSR count). The van der Waals surface area contributed by atoms with Crippen molar-refractivity contribution in [1.29, 1.82) is 0 Å². The van der Waals surface area contributed by atoms with E-state index in [-0.39, 0.29) is 18.7 Å². The van der Waals surface area contributed by atoms with Gasteiger partial charge in [0.25, 0.3) is 0 Å². The summed E-state index contributed by atoms with van der Waals surface area (Å²) in [6.45, 7) is 5.40. The fourth-order valence-corrected chi connectivity index (χ4v) is 1.88. The number of hydrogen-bond donors (Lipinski definition) is 0. The second-order valence-electron chi connectivity index (χ2n) is 4.98. The molecule has 0 spiro atoms. The predicted molar refractivity (Wildman–Crippen MR) is 69.7 cm³/mol. The highest BCUT2D eigenvalue weighted by Crippen LogP contribution is 2.10. The number of hydrogen-bond acceptors (Lipinski definition) is 5. The fraction of sp³-hybridized carbons (Fsp3) is 0.583. The Labute approximate surface area is 111 Å². The number of ether oxygens (including phenoxy) is 1. The Kier molecular flexibility index (Phi) is 4.84. The molecule has 18 heavy (non-hydrogen) atoms. The number of aromatic nitrogens is 1. The molecular formula is C12H18N2O3S. The Morgan fingerprint density at radius 1 is 1.44 bits per heavy atom. The summed E-state index contributed by atoms with van der Waals surface area (Å²) in [7, 11) is 1.55. The number of ketones is 1. The zero-order chi connectivity index (χ0) is 13.8. The number of carbonyl (C=O) groups excluding carboxylic acids is 2. The summed E-state index contributed by atoms with van der Waals surface area (Å²) in [4.78, 5) is 28.7. The maximum atomic E-state index is 11.7. The molecule has 6 heteroatoms. The molecule has 1 heterocycles. The third-order valence-corrected chi connectivity index (χ3v) is 2.73. The molecule has 0 N–H and O–H groups in total. The Morgan fingerprint density at radius 2 is 2.11 bits per heavy atom. The summed E-state index contributed by atoms with van der Waals surface area (Å²) in [5.74, 6) is -0.0571. The highest BCUT2D eigenvalue weighted by Gasteiger charge is 2.21. The van der Waals surface area contributed by atoms with Gasteiger partial charge in [-0.25, -0.2) is 9.78 Å². The van der Waals surface area contributed by atoms with Crippen LogP contribution in [0, 0.1) is 0 Å². The third kappa shape index (κ3) is 5.27. The molecule has 0 aliphatic heterocycles. The van der Waals surface area contributed by atoms with E-state index in [2.05, 4.69) is 4.98 Å². The highest BCUT2D eigenvalue weighted by atomic mass is 32.1. The molecule has 1 aromatic heterocycles. The zero-order valence-electron chi connectivity index (χ0n) is 11.1. The largest absolute Gasteiger partial charge is 0.444 e. The van der Waals surface area contributed by atoms with Crippen molar-refractivity contribution in [1.82, 2.24) is 9.88 Å². The molecule has 0 fully saturated rings. The summed E-state index contributed by atoms with van der Waals surface area (Å²) in [5.41, 5.74) is -0.552. The minimum absolute atomic E-state index is 0.0362. The van der Waals surface area contributed by atoms with E-state index in [4.69, 9.17) is 4.74 Å². The Morgan fingerprint density at radius 3 is 2.61 bits per heavy atom. The van der Waals surface area contributed by atoms with E-state index >= 15 is 0 Å². The van der Waals surface area contributed by atoms with Crippen molar-refractivity contribution in [3.63, 3.8) is 0 Å². The number of amides is 1. The maximum absolute atomic E-state index is 11.7. The molecule has 5 nitrogen and oxygen atoms in total. The molecule has 0 atom stereocenters. The average molecular weight is 270 g/mol. The van der Waals surface area contributed by atoms with Crippen LogP contribution in [-0.2, 0) is 16.0 Å². The fourth-order valence-electron chi connectivity index (χ4n) is 1.23. The summed E-state index contributed by atoms with van der Waals surface area (Å²) >= 11 is 1.43. The maximum Gasteiger partial charge on any atom is 0.410 e. The molecule has 100 valence electrons. The van der Waals surface area contributed by atoms with Gasteiger partial charge < -0.3 is 9.64 Å². The van der Waals surface area contributed by atoms with Crippen LogP contribution in [0.2, 0.25) is 0 Å². The lowest BCUT2D eigenvalue weighted by Crippen LogP contribution is -2.37. The van der Waals surface area contributed by atoms with Gasteiger partial charge in [0.2, 0.25) is 0 Å². The molecule has 0 bridgehead atoms. The van der Waals surface area contributed by atoms with Crippen molar-refractivity contribution >= 4 is 23.2 Å². The minimum atomic E-state index is -0.552. The first kappa shape index (κ1) is 14.6. The molecule has 0 aliphatic carbocycles. The molecule has 0 unspecified atom stereocenters. The highest BCUT2D eigenvalue weighted by molar-refractivity contribution is 7.09. The van der Waals surface area contributed by atoms with E-state index in [1.807, 2.05) is 5.38 Å². The van der Waals surface area contributed by atoms with Crippen molar-refractivity contribution in [3.8, 4) is 0 Å². The Balaban J connectivity index is 2.42. The second-order valence-corrected chi connectivity index (χ2v) is 5.96. The summed E-state index contributed by atoms with van der Waals surface area (Å²) in [6, 6.07) is 0. The number of thiazole rings is 1. The standard InChI is InChI=1S/C12H18N2O3S/c1-12(2,3)17-11(16)14(4)8-9(15)7-10-13-5-6-18-10/h5-6H,7-8H2,1-4H3. The van der Waals surface area contributed by atoms with Gasteiger partial charge in [0.1, 0.15) is 5.60 Å². The number of likely N-dealkylation sites (N-methyl/N-ethyl adjacent to an activating group) is 1. The molecular weight excluding hydrogens is 252 g/mol. The van der Waals surface area contributed by atoms with Gasteiger partial charge in [-0.15, -0.1) is 11.3 Å². The molecule has 0 saturated heterocycles. The quantitative estimate of drug-likeness (QED) is 0.841. The molecule has 1 amide bonds. The van der Waals surface area contributed by atoms with E-state index < -0.39 is 11.7 Å². The van der Waals surface area contributed by atoms with Crippen LogP contribution in [0.1, 0.15) is 25.8 Å². The summed E-state index contributed by atoms with van der Waals surface area (Å²) in [6.07, 6.45) is 1.42. The second kappa shape index (κ2) is 5.95. The minimum Gasteiger partial charge on any atom is -0.444 e. The smallest absolute Gasteiger partial charge is 0.410 e. The van der Waals surface area contributed by atoms with Crippen LogP contribution in [0.4, 0.5) is 4.79 Å². The van der Waals surface area contributed by atoms with Crippen molar-refractivity contribution < 1.29 is 14.3 Å². The van der Waals surface area contributed by atoms with Gasteiger partial charge in [-0.1, -0.05) is 0 Å². The van der Waals surface area contributed by atoms with E-state index in [1.54, 1.807) is 34.0 Å². The Hall–Kier alpha value is -1.43. The van der Waals surface area contributed by atoms with Gasteiger partial charge in [-0.05, 0) is 20.8 Å². The topological polar surface area (TPSA) is 59.5 Å². The lowest BCUT2D eigenvalue weighted by atomic mass is 10.2. The first-order valence-electron chi connectivity index (χ1n) is 5.62. The zero-order valence-corrected chi connectivity index (χ0v) is 11.9. The monoisotopic (exact) mass is 270 g/mol. The average Bonchev–Trinajstić information content (AvgIpc) is 2.67. The molecule has 0 radical (unpaired) electrons. The Bertz CT molecular complexity index is 409. The van der Waals surface area contributed by atoms with Crippen molar-refractivity contribution in [2.45, 2.75) is 32.8 Å². The van der Waals surface area contributed by atoms with Crippen LogP contribution in [0.3, 0.4) is 0 Å². The lowest BCUT2D eigenvalue weighted by Gasteiger charge is -2.24. The predicted octanol–water partition coefficient (Wildman–Crippen LogP) is 2.12. The van der Waals surface area contributed by atoms with Crippen LogP contribution in [0.15, 0.2) is 11.6 Å². The van der Waals surface area contributed by atoms with Crippen molar-refractivity contribution in [3.05, 3.63) is 16.6 Å². The van der Waals surface area contributed by atoms with E-state index in [0.29, 0.717) is 0 Å². The van der Waals surface area contributed by atoms with Gasteiger partial charge in [0.05, 0.1) is 18.0 Å². The van der Waals surface area contributed by atoms with Crippen molar-refractivity contribution in [2.75, 3.05) is 13.6 Å². The van der Waals surface area contributed by atoms with Gasteiger partial charge >= 0.3 is 6.09 Å². The number of Topliss-reactive ketones (excluding diaryl/α,β-unsaturated/α-hetero) is 1. The number of carbonyl (C=O) groups is 2. The van der Waals surface area contributed by atoms with E-state index in [9.17, 15) is 9.59 Å². The summed E-state index contributed by atoms with van der Waals surface area (Å²) in [5, 5.41) is 2.58. The number of nitrogens with zero attached hydrogens (tertiary/aromatic N) is 2. The third-order valence-electron chi connectivity index (χ3n) is 1.95. The van der Waals surface area contributed by atoms with Crippen LogP contribution in [0.25, 0.3) is 0 Å². The molecule has 0 aliphatic rings. The van der Waals surface area contributed by atoms with Crippen LogP contribution >= 0.6 is 11.3 Å². The van der Waals surface area contributed by atoms with Gasteiger partial charge in [0.15, 0.2) is 5.78 Å². The van der Waals surface area contributed by atoms with Crippen LogP contribution in [0.5, 0.6) is 0 Å². The van der Waals surface area contributed by atoms with E-state index in [0.717, 1.165) is 5.01 Å². The number of rotatable bonds is 4. The summed E-state index contributed by atoms with van der Waals surface area (Å²) < 4.78 is 5.16. The first-order chi connectivity index (χ1) is 8.28. The van der Waals surface area contributed by atoms with Gasteiger partial charge in [-0.3, -0.25) is 4.79 Å². The van der Waals surface area contributed by atoms with Crippen molar-refractivity contribution in [2.24, 2.45) is 0 Å². The molecule has 1 aromatic rings. The first-order valence-corrected chi connectivity index (χ1v) is 6.50. The lowest BCUT2D eigenvalue weighted by molar-refractivity contribution is -0.119. The normalized spacial score (nSPS) is 11.1. The van der Waals surface area contributed by atoms with Gasteiger partial charge in [-0.2, -0.15) is 0 Å². The van der Waals surface area contributed by atoms with E-state index in [1.165, 1.54) is 16.2 Å². The SMILES string of the molecule is CN(CC(=O)Cc1nccs1)C(=O)OC(C)(C)C.